The Morgan fingerprint density at radius 2 is 2.26 bits per heavy atom. The quantitative estimate of drug-likeness (QED) is 0.881. The zero-order valence-electron chi connectivity index (χ0n) is 10.6. The lowest BCUT2D eigenvalue weighted by Crippen LogP contribution is -2.24. The minimum Gasteiger partial charge on any atom is -0.481 e. The van der Waals surface area contributed by atoms with Gasteiger partial charge in [0.15, 0.2) is 0 Å². The van der Waals surface area contributed by atoms with Gasteiger partial charge in [0.25, 0.3) is 0 Å². The van der Waals surface area contributed by atoms with Crippen LogP contribution in [0, 0.1) is 0 Å². The zero-order chi connectivity index (χ0) is 13.2. The molecule has 2 aromatic rings. The highest BCUT2D eigenvalue weighted by Crippen LogP contribution is 2.30. The van der Waals surface area contributed by atoms with Crippen LogP contribution < -0.4 is 5.32 Å². The summed E-state index contributed by atoms with van der Waals surface area (Å²) in [6.45, 7) is 1.75. The molecule has 1 aromatic carbocycles. The van der Waals surface area contributed by atoms with Gasteiger partial charge < -0.3 is 9.67 Å². The maximum atomic E-state index is 11.1. The van der Waals surface area contributed by atoms with E-state index < -0.39 is 5.97 Å². The van der Waals surface area contributed by atoms with Crippen molar-refractivity contribution in [3.05, 3.63) is 35.5 Å². The Morgan fingerprint density at radius 3 is 3.11 bits per heavy atom. The third kappa shape index (κ3) is 2.35. The molecule has 1 aliphatic heterocycles. The first-order valence-electron chi connectivity index (χ1n) is 6.36. The van der Waals surface area contributed by atoms with E-state index >= 15 is 0 Å². The Kier molecular flexibility index (Phi) is 3.48. The molecule has 0 radical (unpaired) electrons. The van der Waals surface area contributed by atoms with Crippen molar-refractivity contribution in [2.75, 3.05) is 12.3 Å². The summed E-state index contributed by atoms with van der Waals surface area (Å²) < 4.78 is 2.22. The fourth-order valence-corrected chi connectivity index (χ4v) is 3.58. The Bertz CT molecular complexity index is 621. The number of benzene rings is 1. The second-order valence-corrected chi connectivity index (χ2v) is 5.76. The first-order chi connectivity index (χ1) is 9.27. The van der Waals surface area contributed by atoms with E-state index in [0.29, 0.717) is 0 Å². The number of carbonyl (C=O) groups is 1. The normalized spacial score (nSPS) is 15.8. The molecule has 100 valence electrons. The number of hydrogen-bond acceptors (Lipinski definition) is 3. The van der Waals surface area contributed by atoms with Crippen LogP contribution in [0.5, 0.6) is 0 Å². The topological polar surface area (TPSA) is 54.3 Å². The van der Waals surface area contributed by atoms with Gasteiger partial charge in [0, 0.05) is 34.6 Å². The molecule has 0 spiro atoms. The molecule has 0 aliphatic carbocycles. The number of fused-ring (bicyclic) bond motifs is 3. The zero-order valence-corrected chi connectivity index (χ0v) is 11.4. The smallest absolute Gasteiger partial charge is 0.307 e. The van der Waals surface area contributed by atoms with Crippen LogP contribution in [0.2, 0.25) is 0 Å². The summed E-state index contributed by atoms with van der Waals surface area (Å²) in [5, 5.41) is 13.6. The van der Waals surface area contributed by atoms with Crippen LogP contribution in [0.15, 0.2) is 24.3 Å². The number of aromatic nitrogens is 1. The summed E-state index contributed by atoms with van der Waals surface area (Å²) in [6, 6.07) is 8.07. The summed E-state index contributed by atoms with van der Waals surface area (Å²) in [7, 11) is 0. The van der Waals surface area contributed by atoms with E-state index in [-0.39, 0.29) is 6.42 Å². The average Bonchev–Trinajstić information content (AvgIpc) is 2.62. The van der Waals surface area contributed by atoms with Crippen molar-refractivity contribution >= 4 is 28.6 Å². The molecule has 0 saturated heterocycles. The minimum absolute atomic E-state index is 0.101. The highest BCUT2D eigenvalue weighted by atomic mass is 32.2. The van der Waals surface area contributed by atoms with Gasteiger partial charge in [0.1, 0.15) is 0 Å². The number of nitrogens with zero attached hydrogens (tertiary/aromatic N) is 1. The third-order valence-corrected chi connectivity index (χ3v) is 4.42. The molecule has 2 N–H and O–H groups in total. The maximum absolute atomic E-state index is 11.1. The van der Waals surface area contributed by atoms with Crippen LogP contribution in [0.3, 0.4) is 0 Å². The van der Waals surface area contributed by atoms with E-state index in [4.69, 9.17) is 5.11 Å². The van der Waals surface area contributed by atoms with Gasteiger partial charge in [-0.1, -0.05) is 18.2 Å². The van der Waals surface area contributed by atoms with Gasteiger partial charge in [0.2, 0.25) is 0 Å². The van der Waals surface area contributed by atoms with Crippen LogP contribution >= 0.6 is 11.8 Å². The monoisotopic (exact) mass is 276 g/mol. The molecule has 3 rings (SSSR count). The van der Waals surface area contributed by atoms with Crippen LogP contribution in [-0.2, 0) is 23.6 Å². The third-order valence-electron chi connectivity index (χ3n) is 3.45. The fraction of sp³-hybridized carbons (Fsp3) is 0.357. The summed E-state index contributed by atoms with van der Waals surface area (Å²) in [5.41, 5.74) is 3.25. The van der Waals surface area contributed by atoms with Gasteiger partial charge in [-0.3, -0.25) is 10.1 Å². The first kappa shape index (κ1) is 12.6. The van der Waals surface area contributed by atoms with Gasteiger partial charge in [-0.05, 0) is 11.6 Å². The van der Waals surface area contributed by atoms with Crippen LogP contribution in [0.1, 0.15) is 11.3 Å². The number of carboxylic acids is 1. The van der Waals surface area contributed by atoms with Crippen LogP contribution in [-0.4, -0.2) is 27.9 Å². The summed E-state index contributed by atoms with van der Waals surface area (Å²) in [5.74, 6) is 1.19. The lowest BCUT2D eigenvalue weighted by atomic mass is 10.1. The van der Waals surface area contributed by atoms with Crippen molar-refractivity contribution in [3.63, 3.8) is 0 Å². The Hall–Kier alpha value is -1.46. The van der Waals surface area contributed by atoms with Crippen LogP contribution in [0.25, 0.3) is 10.9 Å². The Labute approximate surface area is 115 Å². The van der Waals surface area contributed by atoms with E-state index in [0.717, 1.165) is 46.9 Å². The van der Waals surface area contributed by atoms with Crippen molar-refractivity contribution in [2.45, 2.75) is 18.8 Å². The molecule has 0 unspecified atom stereocenters. The number of thioether (sulfide) groups is 1. The van der Waals surface area contributed by atoms with E-state index in [1.54, 1.807) is 0 Å². The molecular formula is C14H16N2O2S. The average molecular weight is 276 g/mol. The van der Waals surface area contributed by atoms with E-state index in [1.807, 2.05) is 30.0 Å². The molecule has 0 fully saturated rings. The molecule has 5 heteroatoms. The Balaban J connectivity index is 2.20. The second kappa shape index (κ2) is 5.27. The number of nitrogens with one attached hydrogen (secondary N) is 1. The van der Waals surface area contributed by atoms with Crippen molar-refractivity contribution in [2.24, 2.45) is 0 Å². The lowest BCUT2D eigenvalue weighted by Gasteiger charge is -2.16. The fourth-order valence-electron chi connectivity index (χ4n) is 2.63. The van der Waals surface area contributed by atoms with Crippen molar-refractivity contribution in [3.8, 4) is 0 Å². The molecule has 0 amide bonds. The number of aliphatic carboxylic acids is 1. The summed E-state index contributed by atoms with van der Waals surface area (Å²) in [6.07, 6.45) is 0.101. The highest BCUT2D eigenvalue weighted by Gasteiger charge is 2.19. The standard InChI is InChI=1S/C14H16N2O2S/c17-14(18)7-11-10-3-1-2-4-12(10)16-9-15-5-6-19-8-13(11)16/h1-4,15H,5-9H2,(H,17,18). The molecule has 1 aliphatic rings. The Morgan fingerprint density at radius 1 is 1.42 bits per heavy atom. The number of carboxylic acid groups (broad SMARTS) is 1. The summed E-state index contributed by atoms with van der Waals surface area (Å²) in [4.78, 5) is 11.1. The minimum atomic E-state index is -0.765. The molecule has 1 aromatic heterocycles. The van der Waals surface area contributed by atoms with Crippen molar-refractivity contribution in [1.82, 2.24) is 9.88 Å². The highest BCUT2D eigenvalue weighted by molar-refractivity contribution is 7.98. The molecule has 19 heavy (non-hydrogen) atoms. The van der Waals surface area contributed by atoms with Gasteiger partial charge in [-0.2, -0.15) is 11.8 Å². The molecular weight excluding hydrogens is 260 g/mol. The predicted molar refractivity (Wildman–Crippen MR) is 77.4 cm³/mol. The van der Waals surface area contributed by atoms with E-state index in [1.165, 1.54) is 0 Å². The molecule has 2 heterocycles. The lowest BCUT2D eigenvalue weighted by molar-refractivity contribution is -0.136. The number of hydrogen-bond donors (Lipinski definition) is 2. The van der Waals surface area contributed by atoms with Crippen molar-refractivity contribution in [1.29, 1.82) is 0 Å². The largest absolute Gasteiger partial charge is 0.481 e. The van der Waals surface area contributed by atoms with Crippen LogP contribution in [0.4, 0.5) is 0 Å². The summed E-state index contributed by atoms with van der Waals surface area (Å²) >= 11 is 1.85. The van der Waals surface area contributed by atoms with E-state index in [9.17, 15) is 4.79 Å². The molecule has 4 nitrogen and oxygen atoms in total. The van der Waals surface area contributed by atoms with Crippen molar-refractivity contribution < 1.29 is 9.90 Å². The molecule has 0 atom stereocenters. The number of rotatable bonds is 2. The second-order valence-electron chi connectivity index (χ2n) is 4.65. The predicted octanol–water partition coefficient (Wildman–Crippen LogP) is 2.06. The van der Waals surface area contributed by atoms with E-state index in [2.05, 4.69) is 16.0 Å². The first-order valence-corrected chi connectivity index (χ1v) is 7.52. The van der Waals surface area contributed by atoms with Gasteiger partial charge in [0.05, 0.1) is 13.1 Å². The SMILES string of the molecule is O=C(O)Cc1c2n(c3ccccc13)CNCCSC2. The molecule has 0 saturated carbocycles. The maximum Gasteiger partial charge on any atom is 0.307 e. The van der Waals surface area contributed by atoms with Gasteiger partial charge >= 0.3 is 5.97 Å². The number of para-hydroxylation sites is 1. The van der Waals surface area contributed by atoms with Gasteiger partial charge in [-0.25, -0.2) is 0 Å². The molecule has 0 bridgehead atoms. The van der Waals surface area contributed by atoms with Gasteiger partial charge in [-0.15, -0.1) is 0 Å².